The maximum atomic E-state index is 13.5. The van der Waals surface area contributed by atoms with Crippen LogP contribution < -0.4 is 29.7 Å². The Labute approximate surface area is 853 Å². The Morgan fingerprint density at radius 2 is 0.607 bits per heavy atom. The van der Waals surface area contributed by atoms with E-state index in [2.05, 4.69) is 432 Å². The van der Waals surface area contributed by atoms with Crippen molar-refractivity contribution in [3.63, 3.8) is 0 Å². The summed E-state index contributed by atoms with van der Waals surface area (Å²) < 4.78 is 20.9. The number of halogens is 1. The monoisotopic (exact) mass is 1910 g/mol. The number of rotatable bonds is 25. The van der Waals surface area contributed by atoms with E-state index in [9.17, 15) is 4.39 Å². The van der Waals surface area contributed by atoms with E-state index >= 15 is 0 Å². The summed E-state index contributed by atoms with van der Waals surface area (Å²) in [7, 11) is 0. The molecule has 4 aromatic heterocycles. The topological polar surface area (TPSA) is 123 Å². The molecule has 140 heavy (non-hydrogen) atoms. The number of nitrogens with one attached hydrogen (secondary N) is 1. The molecule has 4 aliphatic rings. The highest BCUT2D eigenvalue weighted by Gasteiger charge is 2.26. The van der Waals surface area contributed by atoms with Crippen LogP contribution in [0.25, 0.3) is 5.69 Å². The summed E-state index contributed by atoms with van der Waals surface area (Å²) in [6.45, 7) is 92.9. The Morgan fingerprint density at radius 3 is 0.921 bits per heavy atom. The number of pyridine rings is 2. The van der Waals surface area contributed by atoms with Crippen LogP contribution in [0.2, 0.25) is 0 Å². The fraction of sp³-hybridized carbons (Fsp3) is 0.581. The highest BCUT2D eigenvalue weighted by molar-refractivity contribution is 5.51. The minimum Gasteiger partial charge on any atom is -0.491 e. The summed E-state index contributed by atoms with van der Waals surface area (Å²) in [5.41, 5.74) is 19.8. The molecule has 14 rings (SSSR count). The van der Waals surface area contributed by atoms with E-state index in [4.69, 9.17) is 4.74 Å². The first kappa shape index (κ1) is 119. The van der Waals surface area contributed by atoms with Crippen LogP contribution in [0.4, 0.5) is 33.1 Å². The van der Waals surface area contributed by atoms with Gasteiger partial charge in [0.15, 0.2) is 5.82 Å². The third kappa shape index (κ3) is 41.4. The molecule has 6 aromatic carbocycles. The molecule has 16 heteroatoms. The molecule has 15 nitrogen and oxygen atoms in total. The van der Waals surface area contributed by atoms with Crippen molar-refractivity contribution in [3.05, 3.63) is 267 Å². The number of aromatic nitrogens is 7. The van der Waals surface area contributed by atoms with Gasteiger partial charge in [-0.25, -0.2) is 14.1 Å². The van der Waals surface area contributed by atoms with Crippen molar-refractivity contribution < 1.29 is 9.13 Å². The van der Waals surface area contributed by atoms with Crippen molar-refractivity contribution in [3.8, 4) is 11.4 Å². The van der Waals surface area contributed by atoms with Crippen LogP contribution in [0.1, 0.15) is 413 Å². The molecule has 0 saturated carbocycles. The average Bonchev–Trinajstić information content (AvgIpc) is 1.54. The smallest absolute Gasteiger partial charge is 0.151 e. The molecule has 0 radical (unpaired) electrons. The molecule has 10 aromatic rings. The molecular weight excluding hydrogens is 1720 g/mol. The van der Waals surface area contributed by atoms with E-state index < -0.39 is 0 Å². The second-order valence-electron chi connectivity index (χ2n) is 44.8. The Bertz CT molecular complexity index is 4510. The van der Waals surface area contributed by atoms with Crippen molar-refractivity contribution in [2.45, 2.75) is 370 Å². The predicted molar refractivity (Wildman–Crippen MR) is 605 cm³/mol. The van der Waals surface area contributed by atoms with Crippen LogP contribution >= 0.6 is 0 Å². The summed E-state index contributed by atoms with van der Waals surface area (Å²) >= 11 is 0. The van der Waals surface area contributed by atoms with Crippen molar-refractivity contribution in [2.75, 3.05) is 103 Å². The minimum absolute atomic E-state index is 0.162. The van der Waals surface area contributed by atoms with Crippen molar-refractivity contribution in [2.24, 2.45) is 23.7 Å². The van der Waals surface area contributed by atoms with E-state index in [1.54, 1.807) is 6.07 Å². The first-order chi connectivity index (χ1) is 66.2. The molecule has 1 N–H and O–H groups in total. The van der Waals surface area contributed by atoms with Crippen LogP contribution in [-0.4, -0.2) is 148 Å². The quantitative estimate of drug-likeness (QED) is 0.0584. The lowest BCUT2D eigenvalue weighted by atomic mass is 9.86. The third-order valence-corrected chi connectivity index (χ3v) is 27.5. The lowest BCUT2D eigenvalue weighted by Crippen LogP contribution is -2.49. The molecular formula is C124H193FN14O. The highest BCUT2D eigenvalue weighted by atomic mass is 19.1. The fourth-order valence-corrected chi connectivity index (χ4v) is 17.0. The lowest BCUT2D eigenvalue weighted by molar-refractivity contribution is 0.209. The molecule has 0 aliphatic carbocycles. The van der Waals surface area contributed by atoms with Crippen molar-refractivity contribution in [1.29, 1.82) is 0 Å². The van der Waals surface area contributed by atoms with Gasteiger partial charge in [-0.05, 0) is 311 Å². The number of hydrogen-bond acceptors (Lipinski definition) is 14. The molecule has 8 heterocycles. The second-order valence-corrected chi connectivity index (χ2v) is 44.8. The van der Waals surface area contributed by atoms with E-state index in [0.717, 1.165) is 116 Å². The van der Waals surface area contributed by atoms with Crippen LogP contribution in [0.3, 0.4) is 0 Å². The molecule has 0 spiro atoms. The van der Waals surface area contributed by atoms with Crippen LogP contribution in [0.5, 0.6) is 5.75 Å². The molecule has 4 fully saturated rings. The molecule has 0 bridgehead atoms. The van der Waals surface area contributed by atoms with Gasteiger partial charge in [0.05, 0.1) is 35.1 Å². The normalized spacial score (nSPS) is 14.6. The molecule has 772 valence electrons. The number of ether oxygens (including phenoxy) is 1. The van der Waals surface area contributed by atoms with Gasteiger partial charge in [0.1, 0.15) is 17.4 Å². The number of benzene rings is 6. The number of nitrogens with zero attached hydrogens (tertiary/aromatic N) is 13. The Hall–Kier alpha value is -9.51. The highest BCUT2D eigenvalue weighted by Crippen LogP contribution is 2.33. The van der Waals surface area contributed by atoms with Gasteiger partial charge in [0.25, 0.3) is 0 Å². The van der Waals surface area contributed by atoms with Gasteiger partial charge in [-0.2, -0.15) is 5.10 Å². The first-order valence-electron chi connectivity index (χ1n) is 54.1. The number of hydrogen-bond donors (Lipinski definition) is 1. The summed E-state index contributed by atoms with van der Waals surface area (Å²) in [6, 6.07) is 63.9. The first-order valence-corrected chi connectivity index (χ1v) is 54.1. The van der Waals surface area contributed by atoms with E-state index in [-0.39, 0.29) is 18.0 Å². The van der Waals surface area contributed by atoms with Gasteiger partial charge in [0, 0.05) is 126 Å². The van der Waals surface area contributed by atoms with Gasteiger partial charge < -0.3 is 29.7 Å². The minimum atomic E-state index is -0.162. The maximum Gasteiger partial charge on any atom is 0.151 e. The zero-order valence-corrected chi connectivity index (χ0v) is 94.4. The maximum absolute atomic E-state index is 13.5. The second kappa shape index (κ2) is 60.8. The van der Waals surface area contributed by atoms with Crippen LogP contribution in [-0.2, 0) is 0 Å². The zero-order valence-electron chi connectivity index (χ0n) is 94.4. The Balaban J connectivity index is 0.000000242. The van der Waals surface area contributed by atoms with Gasteiger partial charge in [-0.15, -0.1) is 10.2 Å². The fourth-order valence-electron chi connectivity index (χ4n) is 17.0. The van der Waals surface area contributed by atoms with Crippen molar-refractivity contribution >= 4 is 28.7 Å². The molecule has 0 amide bonds. The van der Waals surface area contributed by atoms with Gasteiger partial charge >= 0.3 is 0 Å². The number of anilines is 5. The largest absolute Gasteiger partial charge is 0.491 e. The Morgan fingerprint density at radius 1 is 0.286 bits per heavy atom. The Kier molecular flexibility index (Phi) is 51.8. The molecule has 4 saturated heterocycles. The van der Waals surface area contributed by atoms with Crippen molar-refractivity contribution in [1.82, 2.24) is 45.0 Å². The predicted octanol–water partition coefficient (Wildman–Crippen LogP) is 32.4. The van der Waals surface area contributed by atoms with Crippen LogP contribution in [0, 0.1) is 29.5 Å². The number of piperazine rings is 2. The average molecular weight is 1920 g/mol. The summed E-state index contributed by atoms with van der Waals surface area (Å²) in [5, 5.41) is 20.1. The summed E-state index contributed by atoms with van der Waals surface area (Å²) in [5.74, 6) is 13.0. The van der Waals surface area contributed by atoms with E-state index in [1.165, 1.54) is 113 Å². The van der Waals surface area contributed by atoms with Gasteiger partial charge in [-0.1, -0.05) is 290 Å². The van der Waals surface area contributed by atoms with Gasteiger partial charge in [-0.3, -0.25) is 14.8 Å². The molecule has 4 aliphatic heterocycles. The van der Waals surface area contributed by atoms with E-state index in [1.807, 2.05) is 75.2 Å². The summed E-state index contributed by atoms with van der Waals surface area (Å²) in [6.07, 6.45) is 11.5. The van der Waals surface area contributed by atoms with Crippen LogP contribution in [0.15, 0.2) is 195 Å². The SMILES string of the molecule is CC(C)Nc1ccc(C(C)C)cc1F.CC(C)Oc1ccc(C(C)C)cc1.CC(C)c1ccc(-n2cc(C(C)C)nn2)cc1.CC(C)c1ccc(C(C)C)cc1.CC(C)c1ccc(C(C)C)nc1.CC(C)c1ccc(N2CCC(C(C)C)CC2)cc1.CC(C)c1ccc(N2CCC(C(C)C)CC2)nn1.CC(C)c1ccc(N2CCN(C(C)C)CC2)cc1.CC(C)c1ccc(N2CCN(C(C)C)CC2)nc1. The standard InChI is InChI=1S/C17H27N.C16H26N2.2C15H25N3.C14H19N3.C12H18FN.C12H18O.C12H18.C11H17N/c1-13(2)15-5-7-17(8-6-15)18-11-9-16(10-12-18)14(3)4;1-13(2)15-5-7-16(8-6-15)18-11-9-17(10-12-18)14(3)4;1-12(2)14-5-6-15(16-11-14)18-9-7-17(8-10-18)13(3)4;1-11(2)13-7-9-18(10-8-13)15-6-5-14(12(3)4)16-17-15;1-10(2)12-5-7-13(8-6-12)17-9-14(11(3)4)15-16-17;1-8(2)10-5-6-12(11(13)7-10)14-9(3)4;1-9(2)11-5-7-12(8-6-11)13-10(3)4;1-9(2)11-5-7-12(8-6-11)10(3)4;1-8(2)10-5-6-11(9(3)4)12-7-10/h5-8,13-14,16H,9-12H2,1-4H3;5-8,13-14H,9-12H2,1-4H3;2*5-6,11-13H,7-10H2,1-4H3;5-11H,1-4H3;5-9,14H,1-4H3;5-10H,1-4H3;5-10H,1-4H3;5-9H,1-4H3. The zero-order chi connectivity index (χ0) is 104. The third-order valence-electron chi connectivity index (χ3n) is 27.5. The number of piperidine rings is 2. The molecule has 0 unspecified atom stereocenters. The summed E-state index contributed by atoms with van der Waals surface area (Å²) in [4.78, 5) is 23.9. The lowest BCUT2D eigenvalue weighted by Gasteiger charge is -2.38. The van der Waals surface area contributed by atoms with Gasteiger partial charge in [0.2, 0.25) is 0 Å². The van der Waals surface area contributed by atoms with E-state index in [0.29, 0.717) is 88.8 Å². The molecule has 0 atom stereocenters.